The monoisotopic (exact) mass is 530 g/mol. The number of aliphatic hydroxyl groups excluding tert-OH is 1. The Hall–Kier alpha value is -3.53. The minimum Gasteiger partial charge on any atom is -0.390 e. The van der Waals surface area contributed by atoms with E-state index in [4.69, 9.17) is 5.73 Å². The second-order valence-electron chi connectivity index (χ2n) is 9.13. The summed E-state index contributed by atoms with van der Waals surface area (Å²) in [4.78, 5) is 38.7. The highest BCUT2D eigenvalue weighted by atomic mass is 35.5. The molecule has 0 fully saturated rings. The minimum atomic E-state index is -1.38. The fourth-order valence-electron chi connectivity index (χ4n) is 3.59. The van der Waals surface area contributed by atoms with Gasteiger partial charge in [0.05, 0.1) is 6.10 Å². The van der Waals surface area contributed by atoms with Crippen molar-refractivity contribution in [1.29, 1.82) is 0 Å². The van der Waals surface area contributed by atoms with Crippen molar-refractivity contribution in [1.82, 2.24) is 16.0 Å². The van der Waals surface area contributed by atoms with Gasteiger partial charge in [-0.15, -0.1) is 12.4 Å². The van der Waals surface area contributed by atoms with Crippen molar-refractivity contribution >= 4 is 40.9 Å². The Morgan fingerprint density at radius 1 is 1.00 bits per heavy atom. The molecule has 37 heavy (non-hydrogen) atoms. The van der Waals surface area contributed by atoms with Crippen molar-refractivity contribution in [2.45, 2.75) is 38.0 Å². The van der Waals surface area contributed by atoms with Gasteiger partial charge in [-0.25, -0.2) is 4.39 Å². The fourth-order valence-corrected chi connectivity index (χ4v) is 3.59. The zero-order chi connectivity index (χ0) is 26.3. The van der Waals surface area contributed by atoms with E-state index in [0.717, 1.165) is 28.5 Å². The van der Waals surface area contributed by atoms with Crippen molar-refractivity contribution in [2.75, 3.05) is 13.1 Å². The van der Waals surface area contributed by atoms with Crippen LogP contribution in [0.2, 0.25) is 0 Å². The highest BCUT2D eigenvalue weighted by Gasteiger charge is 2.33. The number of nitrogens with two attached hydrogens (primary N) is 1. The van der Waals surface area contributed by atoms with Gasteiger partial charge >= 0.3 is 0 Å². The SMILES string of the molecule is CC(C)(NC(=O)c1ccc(F)cc1)C(=O)N[C@H](Cc1ccc2ccccc2c1)C(=O)NCC(O)CN.Cl. The minimum absolute atomic E-state index is 0. The molecular formula is C27H32ClFN4O4. The van der Waals surface area contributed by atoms with Gasteiger partial charge < -0.3 is 26.8 Å². The first-order chi connectivity index (χ1) is 17.1. The summed E-state index contributed by atoms with van der Waals surface area (Å²) in [6, 6.07) is 17.5. The molecule has 0 aliphatic carbocycles. The molecule has 1 unspecified atom stereocenters. The van der Waals surface area contributed by atoms with Gasteiger partial charge in [0.25, 0.3) is 5.91 Å². The van der Waals surface area contributed by atoms with Crippen LogP contribution in [-0.2, 0) is 16.0 Å². The lowest BCUT2D eigenvalue weighted by molar-refractivity contribution is -0.132. The number of hydrogen-bond acceptors (Lipinski definition) is 5. The Kier molecular flexibility index (Phi) is 10.5. The summed E-state index contributed by atoms with van der Waals surface area (Å²) in [5.74, 6) is -2.12. The zero-order valence-electron chi connectivity index (χ0n) is 20.7. The van der Waals surface area contributed by atoms with E-state index in [1.54, 1.807) is 0 Å². The summed E-state index contributed by atoms with van der Waals surface area (Å²) in [6.07, 6.45) is -0.735. The van der Waals surface area contributed by atoms with Crippen LogP contribution in [0.1, 0.15) is 29.8 Å². The third-order valence-corrected chi connectivity index (χ3v) is 5.76. The second-order valence-corrected chi connectivity index (χ2v) is 9.13. The summed E-state index contributed by atoms with van der Waals surface area (Å²) in [5, 5.41) is 19.7. The zero-order valence-corrected chi connectivity index (χ0v) is 21.5. The summed E-state index contributed by atoms with van der Waals surface area (Å²) < 4.78 is 13.2. The number of amides is 3. The lowest BCUT2D eigenvalue weighted by atomic mass is 9.98. The number of hydrogen-bond donors (Lipinski definition) is 5. The highest BCUT2D eigenvalue weighted by Crippen LogP contribution is 2.17. The second kappa shape index (κ2) is 13.1. The molecule has 0 bridgehead atoms. The van der Waals surface area contributed by atoms with Gasteiger partial charge in [-0.05, 0) is 54.4 Å². The van der Waals surface area contributed by atoms with E-state index >= 15 is 0 Å². The number of nitrogens with one attached hydrogen (secondary N) is 3. The van der Waals surface area contributed by atoms with E-state index in [1.165, 1.54) is 26.0 Å². The molecule has 10 heteroatoms. The standard InChI is InChI=1S/C27H31FN4O4.ClH/c1-27(2,32-24(34)19-9-11-21(28)12-10-19)26(36)31-23(25(35)30-16-22(33)15-29)14-17-7-8-18-5-3-4-6-20(18)13-17;/h3-13,22-23,33H,14-16,29H2,1-2H3,(H,30,35)(H,31,36)(H,32,34);1H/t22?,23-;/m1./s1. The summed E-state index contributed by atoms with van der Waals surface area (Å²) in [7, 11) is 0. The van der Waals surface area contributed by atoms with Crippen LogP contribution in [-0.4, -0.2) is 53.6 Å². The van der Waals surface area contributed by atoms with Crippen LogP contribution in [0.4, 0.5) is 4.39 Å². The van der Waals surface area contributed by atoms with Crippen molar-refractivity contribution in [2.24, 2.45) is 5.73 Å². The highest BCUT2D eigenvalue weighted by molar-refractivity contribution is 6.00. The Balaban J connectivity index is 0.00000481. The van der Waals surface area contributed by atoms with Crippen LogP contribution in [0.25, 0.3) is 10.8 Å². The molecule has 0 aliphatic rings. The molecule has 3 rings (SSSR count). The number of rotatable bonds is 10. The molecule has 0 aliphatic heterocycles. The van der Waals surface area contributed by atoms with Crippen molar-refractivity contribution < 1.29 is 23.9 Å². The maximum absolute atomic E-state index is 13.2. The smallest absolute Gasteiger partial charge is 0.252 e. The molecule has 2 atom stereocenters. The van der Waals surface area contributed by atoms with Crippen LogP contribution in [0.5, 0.6) is 0 Å². The molecule has 0 radical (unpaired) electrons. The number of benzene rings is 3. The first-order valence-electron chi connectivity index (χ1n) is 11.6. The molecule has 3 aromatic carbocycles. The number of fused-ring (bicyclic) bond motifs is 1. The lowest BCUT2D eigenvalue weighted by Gasteiger charge is -2.28. The fraction of sp³-hybridized carbons (Fsp3) is 0.296. The van der Waals surface area contributed by atoms with Gasteiger partial charge in [-0.2, -0.15) is 0 Å². The Labute approximate surface area is 221 Å². The van der Waals surface area contributed by atoms with E-state index in [9.17, 15) is 23.9 Å². The molecule has 0 heterocycles. The average molecular weight is 531 g/mol. The van der Waals surface area contributed by atoms with Crippen LogP contribution in [0, 0.1) is 5.82 Å². The van der Waals surface area contributed by atoms with Crippen LogP contribution in [0.3, 0.4) is 0 Å². The summed E-state index contributed by atoms with van der Waals surface area (Å²) in [5.41, 5.74) is 5.05. The number of carbonyl (C=O) groups excluding carboxylic acids is 3. The molecule has 0 saturated heterocycles. The molecule has 0 aromatic heterocycles. The molecule has 6 N–H and O–H groups in total. The maximum atomic E-state index is 13.2. The van der Waals surface area contributed by atoms with Gasteiger partial charge in [0.2, 0.25) is 11.8 Å². The molecule has 198 valence electrons. The molecule has 0 saturated carbocycles. The summed E-state index contributed by atoms with van der Waals surface area (Å²) in [6.45, 7) is 2.92. The van der Waals surface area contributed by atoms with Gasteiger partial charge in [-0.1, -0.05) is 42.5 Å². The van der Waals surface area contributed by atoms with Crippen molar-refractivity contribution in [3.05, 3.63) is 83.7 Å². The normalized spacial score (nSPS) is 12.7. The Morgan fingerprint density at radius 2 is 1.65 bits per heavy atom. The van der Waals surface area contributed by atoms with E-state index in [-0.39, 0.29) is 37.5 Å². The van der Waals surface area contributed by atoms with Crippen molar-refractivity contribution in [3.8, 4) is 0 Å². The quantitative estimate of drug-likeness (QED) is 0.274. The van der Waals surface area contributed by atoms with Crippen molar-refractivity contribution in [3.63, 3.8) is 0 Å². The maximum Gasteiger partial charge on any atom is 0.252 e. The molecule has 3 aromatic rings. The van der Waals surface area contributed by atoms with Gasteiger partial charge in [0.1, 0.15) is 17.4 Å². The Bertz CT molecular complexity index is 1240. The molecule has 0 spiro atoms. The van der Waals surface area contributed by atoms with Crippen LogP contribution in [0.15, 0.2) is 66.7 Å². The first-order valence-corrected chi connectivity index (χ1v) is 11.6. The van der Waals surface area contributed by atoms with Crippen LogP contribution >= 0.6 is 12.4 Å². The number of halogens is 2. The number of aliphatic hydroxyl groups is 1. The van der Waals surface area contributed by atoms with E-state index in [2.05, 4.69) is 16.0 Å². The third-order valence-electron chi connectivity index (χ3n) is 5.76. The summed E-state index contributed by atoms with van der Waals surface area (Å²) >= 11 is 0. The largest absolute Gasteiger partial charge is 0.390 e. The molecule has 8 nitrogen and oxygen atoms in total. The van der Waals surface area contributed by atoms with Gasteiger partial charge in [0.15, 0.2) is 0 Å². The molecule has 3 amide bonds. The van der Waals surface area contributed by atoms with E-state index in [0.29, 0.717) is 0 Å². The van der Waals surface area contributed by atoms with E-state index < -0.39 is 41.2 Å². The van der Waals surface area contributed by atoms with Gasteiger partial charge in [-0.3, -0.25) is 14.4 Å². The predicted octanol–water partition coefficient (Wildman–Crippen LogP) is 2.07. The predicted molar refractivity (Wildman–Crippen MR) is 143 cm³/mol. The molecular weight excluding hydrogens is 499 g/mol. The van der Waals surface area contributed by atoms with Crippen LogP contribution < -0.4 is 21.7 Å². The Morgan fingerprint density at radius 3 is 2.30 bits per heavy atom. The third kappa shape index (κ3) is 8.24. The topological polar surface area (TPSA) is 134 Å². The number of carbonyl (C=O) groups is 3. The lowest BCUT2D eigenvalue weighted by Crippen LogP contribution is -2.59. The van der Waals surface area contributed by atoms with Gasteiger partial charge in [0, 0.05) is 25.1 Å². The first kappa shape index (κ1) is 29.7. The average Bonchev–Trinajstić information content (AvgIpc) is 2.86. The van der Waals surface area contributed by atoms with E-state index in [1.807, 2.05) is 42.5 Å².